The van der Waals surface area contributed by atoms with Crippen molar-refractivity contribution in [3.8, 4) is 0 Å². The summed E-state index contributed by atoms with van der Waals surface area (Å²) in [5, 5.41) is 5.49. The number of benzene rings is 4. The molecule has 4 fully saturated rings. The van der Waals surface area contributed by atoms with Crippen molar-refractivity contribution >= 4 is 24.8 Å². The fourth-order valence-corrected chi connectivity index (χ4v) is 10.4. The Morgan fingerprint density at radius 3 is 1.43 bits per heavy atom. The Balaban J connectivity index is 0.000000154. The molecule has 0 aromatic heterocycles. The third kappa shape index (κ3) is 9.51. The molecule has 3 heteroatoms. The van der Waals surface area contributed by atoms with Crippen molar-refractivity contribution < 1.29 is 49.0 Å². The molecule has 276 valence electrons. The van der Waals surface area contributed by atoms with Crippen molar-refractivity contribution in [1.29, 1.82) is 0 Å². The zero-order valence-electron chi connectivity index (χ0n) is 32.7. The van der Waals surface area contributed by atoms with Crippen LogP contribution in [0.4, 0.5) is 0 Å². The Hall–Kier alpha value is -2.44. The van der Waals surface area contributed by atoms with Gasteiger partial charge in [-0.25, -0.2) is 6.08 Å². The molecule has 0 nitrogen and oxygen atoms in total. The molecule has 53 heavy (non-hydrogen) atoms. The van der Waals surface area contributed by atoms with Gasteiger partial charge >= 0.3 is 99.2 Å². The van der Waals surface area contributed by atoms with Gasteiger partial charge in [0.05, 0.1) is 0 Å². The van der Waals surface area contributed by atoms with Gasteiger partial charge < -0.3 is 24.8 Å². The van der Waals surface area contributed by atoms with E-state index in [0.717, 1.165) is 29.6 Å². The fourth-order valence-electron chi connectivity index (χ4n) is 9.60. The second-order valence-corrected chi connectivity index (χ2v) is 19.3. The minimum atomic E-state index is 0. The molecule has 1 atom stereocenters. The summed E-state index contributed by atoms with van der Waals surface area (Å²) in [4.78, 5) is 0. The van der Waals surface area contributed by atoms with Crippen LogP contribution in [0.5, 0.6) is 0 Å². The van der Waals surface area contributed by atoms with Gasteiger partial charge in [0, 0.05) is 0 Å². The van der Waals surface area contributed by atoms with E-state index < -0.39 is 0 Å². The molecular weight excluding hydrogens is 763 g/mol. The zero-order chi connectivity index (χ0) is 35.9. The SMILES string of the molecule is CC(C)(C)c1ccc2[cH-]c3ccc(C(C)(C)C)cc3c2c1.CC1[C-]=CC(C2C3CC4CC(C3)CC2C4)=C1.[Cl-].[Cl-].[Zr+2]=[C](c1ccccc1)c1ccccc1. The first-order chi connectivity index (χ1) is 24.3. The van der Waals surface area contributed by atoms with Gasteiger partial charge in [-0.1, -0.05) is 95.7 Å². The van der Waals surface area contributed by atoms with Gasteiger partial charge in [-0.15, -0.1) is 39.7 Å². The van der Waals surface area contributed by atoms with Crippen molar-refractivity contribution in [2.45, 2.75) is 91.4 Å². The number of hydrogen-bond donors (Lipinski definition) is 0. The molecule has 4 saturated carbocycles. The molecule has 0 N–H and O–H groups in total. The average Bonchev–Trinajstić information content (AvgIpc) is 3.70. The summed E-state index contributed by atoms with van der Waals surface area (Å²) in [6, 6.07) is 37.3. The molecule has 0 aliphatic heterocycles. The van der Waals surface area contributed by atoms with Crippen LogP contribution >= 0.6 is 0 Å². The van der Waals surface area contributed by atoms with E-state index in [1.54, 1.807) is 12.0 Å². The van der Waals surface area contributed by atoms with Crippen LogP contribution in [-0.4, -0.2) is 3.21 Å². The fraction of sp³-hybridized carbons (Fsp3) is 0.400. The standard InChI is InChI=1S/C21H25.C16H21.C13H10.2ClH.Zr/c1-20(2,3)16-9-7-14-11-15-8-10-17(21(4,5)6)13-19(15)18(14)12-16;1-10-2-3-13(4-10)16-14-6-11-5-12(8-14)9-15(16)7-11;1-3-7-12(8-4-1)11-13-9-5-2-6-10-13;;;/h7-13H,1-6H3;3-4,10-12,14-16H,5-9H2,1H3;1-10H;2*1H;/q2*-1;;;;+2/p-2. The number of allylic oxidation sites excluding steroid dienone is 4. The van der Waals surface area contributed by atoms with Gasteiger partial charge in [-0.05, 0) is 66.6 Å². The Bertz CT molecular complexity index is 1910. The molecular formula is C50H56Cl2Zr-2. The van der Waals surface area contributed by atoms with Crippen molar-refractivity contribution in [3.05, 3.63) is 149 Å². The molecule has 0 amide bonds. The van der Waals surface area contributed by atoms with Crippen molar-refractivity contribution in [3.63, 3.8) is 0 Å². The van der Waals surface area contributed by atoms with E-state index in [9.17, 15) is 0 Å². The van der Waals surface area contributed by atoms with Gasteiger partial charge in [0.25, 0.3) is 0 Å². The maximum absolute atomic E-state index is 3.46. The van der Waals surface area contributed by atoms with E-state index >= 15 is 0 Å². The van der Waals surface area contributed by atoms with Crippen LogP contribution in [0.3, 0.4) is 0 Å². The molecule has 0 spiro atoms. The molecule has 5 aromatic carbocycles. The summed E-state index contributed by atoms with van der Waals surface area (Å²) in [5.41, 5.74) is 7.51. The predicted molar refractivity (Wildman–Crippen MR) is 216 cm³/mol. The maximum atomic E-state index is 3.46. The third-order valence-corrected chi connectivity index (χ3v) is 13.6. The van der Waals surface area contributed by atoms with Crippen molar-refractivity contribution in [2.75, 3.05) is 0 Å². The second-order valence-electron chi connectivity index (χ2n) is 18.1. The molecule has 1 unspecified atom stereocenters. The van der Waals surface area contributed by atoms with Crippen LogP contribution in [0.25, 0.3) is 21.5 Å². The van der Waals surface area contributed by atoms with Crippen LogP contribution in [0.1, 0.15) is 103 Å². The monoisotopic (exact) mass is 816 g/mol. The number of hydrogen-bond acceptors (Lipinski definition) is 0. The summed E-state index contributed by atoms with van der Waals surface area (Å²) in [5.74, 6) is 5.77. The summed E-state index contributed by atoms with van der Waals surface area (Å²) in [6.45, 7) is 15.9. The molecule has 5 aliphatic rings. The molecule has 5 aromatic rings. The first-order valence-corrected chi connectivity index (χ1v) is 20.7. The predicted octanol–water partition coefficient (Wildman–Crippen LogP) is 7.11. The van der Waals surface area contributed by atoms with Gasteiger partial charge in [-0.3, -0.25) is 6.08 Å². The summed E-state index contributed by atoms with van der Waals surface area (Å²) in [6.07, 6.45) is 16.0. The average molecular weight is 819 g/mol. The molecule has 0 radical (unpaired) electrons. The quantitative estimate of drug-likeness (QED) is 0.171. The third-order valence-electron chi connectivity index (χ3n) is 12.1. The van der Waals surface area contributed by atoms with Crippen LogP contribution in [0, 0.1) is 41.6 Å². The summed E-state index contributed by atoms with van der Waals surface area (Å²) in [7, 11) is 0. The molecule has 10 rings (SSSR count). The van der Waals surface area contributed by atoms with E-state index in [2.05, 4.69) is 170 Å². The minimum absolute atomic E-state index is 0. The van der Waals surface area contributed by atoms with Gasteiger partial charge in [0.2, 0.25) is 0 Å². The van der Waals surface area contributed by atoms with E-state index in [-0.39, 0.29) is 35.6 Å². The number of rotatable bonds is 3. The van der Waals surface area contributed by atoms with E-state index in [4.69, 9.17) is 0 Å². The van der Waals surface area contributed by atoms with E-state index in [1.165, 1.54) is 96.9 Å². The van der Waals surface area contributed by atoms with Crippen LogP contribution in [0.2, 0.25) is 0 Å². The molecule has 0 saturated heterocycles. The van der Waals surface area contributed by atoms with Crippen LogP contribution in [0.15, 0.2) is 121 Å². The van der Waals surface area contributed by atoms with E-state index in [0.29, 0.717) is 5.92 Å². The Morgan fingerprint density at radius 1 is 0.623 bits per heavy atom. The first kappa shape index (κ1) is 41.7. The van der Waals surface area contributed by atoms with Crippen molar-refractivity contribution in [2.24, 2.45) is 35.5 Å². The van der Waals surface area contributed by atoms with Crippen LogP contribution in [-0.2, 0) is 35.1 Å². The normalized spacial score (nSPS) is 24.0. The second kappa shape index (κ2) is 17.1. The van der Waals surface area contributed by atoms with Crippen molar-refractivity contribution in [1.82, 2.24) is 0 Å². The Morgan fingerprint density at radius 2 is 1.06 bits per heavy atom. The topological polar surface area (TPSA) is 0 Å². The van der Waals surface area contributed by atoms with Gasteiger partial charge in [-0.2, -0.15) is 11.6 Å². The van der Waals surface area contributed by atoms with Crippen LogP contribution < -0.4 is 24.8 Å². The molecule has 4 bridgehead atoms. The molecule has 0 heterocycles. The zero-order valence-corrected chi connectivity index (χ0v) is 36.7. The Kier molecular flexibility index (Phi) is 13.5. The van der Waals surface area contributed by atoms with Gasteiger partial charge in [0.1, 0.15) is 0 Å². The number of halogens is 2. The summed E-state index contributed by atoms with van der Waals surface area (Å²) < 4.78 is 1.42. The number of fused-ring (bicyclic) bond motifs is 3. The van der Waals surface area contributed by atoms with Gasteiger partial charge in [0.15, 0.2) is 0 Å². The summed E-state index contributed by atoms with van der Waals surface area (Å²) >= 11 is 1.46. The Labute approximate surface area is 347 Å². The molecule has 5 aliphatic carbocycles. The van der Waals surface area contributed by atoms with E-state index in [1.807, 2.05) is 0 Å². The first-order valence-electron chi connectivity index (χ1n) is 19.5.